The molecule has 8 heteroatoms. The van der Waals surface area contributed by atoms with E-state index in [-0.39, 0.29) is 16.3 Å². The number of hydrogen-bond acceptors (Lipinski definition) is 5. The first-order valence-electron chi connectivity index (χ1n) is 5.22. The Labute approximate surface area is 118 Å². The second kappa shape index (κ2) is 5.41. The first-order chi connectivity index (χ1) is 8.93. The second-order valence-electron chi connectivity index (χ2n) is 3.76. The van der Waals surface area contributed by atoms with Gasteiger partial charge in [0, 0.05) is 18.5 Å². The van der Waals surface area contributed by atoms with Crippen molar-refractivity contribution in [3.63, 3.8) is 0 Å². The Morgan fingerprint density at radius 2 is 2.05 bits per heavy atom. The van der Waals surface area contributed by atoms with Crippen molar-refractivity contribution in [3.8, 4) is 0 Å². The Morgan fingerprint density at radius 3 is 2.63 bits per heavy atom. The van der Waals surface area contributed by atoms with Crippen LogP contribution in [0.2, 0.25) is 0 Å². The molecule has 0 aliphatic heterocycles. The van der Waals surface area contributed by atoms with E-state index in [2.05, 4.69) is 0 Å². The first-order valence-corrected chi connectivity index (χ1v) is 8.42. The highest BCUT2D eigenvalue weighted by atomic mass is 32.2. The smallest absolute Gasteiger partial charge is 0.347 e. The van der Waals surface area contributed by atoms with Gasteiger partial charge in [0.05, 0.1) is 0 Å². The molecule has 0 spiro atoms. The van der Waals surface area contributed by atoms with Gasteiger partial charge in [-0.15, -0.1) is 22.7 Å². The molecule has 0 unspecified atom stereocenters. The normalized spacial score (nSPS) is 11.9. The summed E-state index contributed by atoms with van der Waals surface area (Å²) in [6.45, 7) is 0.231. The van der Waals surface area contributed by atoms with Crippen molar-refractivity contribution < 1.29 is 18.3 Å². The van der Waals surface area contributed by atoms with Crippen molar-refractivity contribution in [3.05, 3.63) is 38.7 Å². The van der Waals surface area contributed by atoms with E-state index in [0.717, 1.165) is 20.5 Å². The highest BCUT2D eigenvalue weighted by Crippen LogP contribution is 2.26. The van der Waals surface area contributed by atoms with Crippen LogP contribution in [0.15, 0.2) is 33.9 Å². The van der Waals surface area contributed by atoms with Crippen molar-refractivity contribution in [2.24, 2.45) is 0 Å². The highest BCUT2D eigenvalue weighted by Gasteiger charge is 2.27. The SMILES string of the molecule is CN(Cc1cccs1)S(=O)(=O)c1ccsc1C(=O)O. The summed E-state index contributed by atoms with van der Waals surface area (Å²) in [4.78, 5) is 11.6. The molecule has 0 saturated heterocycles. The summed E-state index contributed by atoms with van der Waals surface area (Å²) in [6.07, 6.45) is 0. The quantitative estimate of drug-likeness (QED) is 0.918. The molecule has 0 saturated carbocycles. The minimum absolute atomic E-state index is 0.149. The Balaban J connectivity index is 2.31. The van der Waals surface area contributed by atoms with E-state index in [1.807, 2.05) is 17.5 Å². The highest BCUT2D eigenvalue weighted by molar-refractivity contribution is 7.89. The lowest BCUT2D eigenvalue weighted by Gasteiger charge is -2.15. The molecule has 0 aliphatic rings. The van der Waals surface area contributed by atoms with Crippen molar-refractivity contribution >= 4 is 38.7 Å². The van der Waals surface area contributed by atoms with E-state index in [1.165, 1.54) is 29.8 Å². The predicted molar refractivity (Wildman–Crippen MR) is 74.3 cm³/mol. The number of nitrogens with zero attached hydrogens (tertiary/aromatic N) is 1. The van der Waals surface area contributed by atoms with E-state index in [0.29, 0.717) is 0 Å². The minimum atomic E-state index is -3.78. The number of aromatic carboxylic acids is 1. The topological polar surface area (TPSA) is 74.7 Å². The average molecular weight is 317 g/mol. The minimum Gasteiger partial charge on any atom is -0.477 e. The van der Waals surface area contributed by atoms with Gasteiger partial charge in [0.25, 0.3) is 0 Å². The third kappa shape index (κ3) is 2.86. The van der Waals surface area contributed by atoms with E-state index in [1.54, 1.807) is 0 Å². The lowest BCUT2D eigenvalue weighted by Crippen LogP contribution is -2.27. The molecule has 0 bridgehead atoms. The molecular formula is C11H11NO4S3. The zero-order chi connectivity index (χ0) is 14.0. The molecule has 2 aromatic rings. The van der Waals surface area contributed by atoms with Gasteiger partial charge in [-0.1, -0.05) is 6.07 Å². The maximum atomic E-state index is 12.3. The lowest BCUT2D eigenvalue weighted by atomic mass is 10.5. The summed E-state index contributed by atoms with van der Waals surface area (Å²) in [5.41, 5.74) is 0. The molecule has 1 N–H and O–H groups in total. The zero-order valence-electron chi connectivity index (χ0n) is 9.94. The van der Waals surface area contributed by atoms with E-state index in [9.17, 15) is 13.2 Å². The summed E-state index contributed by atoms with van der Waals surface area (Å²) >= 11 is 2.36. The molecule has 0 radical (unpaired) electrons. The van der Waals surface area contributed by atoms with Gasteiger partial charge in [-0.05, 0) is 22.9 Å². The summed E-state index contributed by atoms with van der Waals surface area (Å²) < 4.78 is 25.8. The van der Waals surface area contributed by atoms with Gasteiger partial charge in [-0.2, -0.15) is 4.31 Å². The maximum Gasteiger partial charge on any atom is 0.347 e. The lowest BCUT2D eigenvalue weighted by molar-refractivity contribution is 0.0698. The van der Waals surface area contributed by atoms with Gasteiger partial charge in [0.15, 0.2) is 0 Å². The number of carbonyl (C=O) groups is 1. The largest absolute Gasteiger partial charge is 0.477 e. The monoisotopic (exact) mass is 317 g/mol. The Hall–Kier alpha value is -1.22. The fourth-order valence-electron chi connectivity index (χ4n) is 1.53. The molecule has 0 aromatic carbocycles. The number of carboxylic acids is 1. The van der Waals surface area contributed by atoms with Crippen LogP contribution < -0.4 is 0 Å². The van der Waals surface area contributed by atoms with Crippen LogP contribution in [-0.2, 0) is 16.6 Å². The van der Waals surface area contributed by atoms with Gasteiger partial charge in [-0.25, -0.2) is 13.2 Å². The summed E-state index contributed by atoms with van der Waals surface area (Å²) in [6, 6.07) is 5.00. The number of carboxylic acid groups (broad SMARTS) is 1. The molecule has 5 nitrogen and oxygen atoms in total. The van der Waals surface area contributed by atoms with Crippen molar-refractivity contribution in [2.45, 2.75) is 11.4 Å². The molecule has 2 rings (SSSR count). The van der Waals surface area contributed by atoms with Crippen LogP contribution in [0, 0.1) is 0 Å². The molecule has 0 amide bonds. The number of thiophene rings is 2. The van der Waals surface area contributed by atoms with E-state index in [4.69, 9.17) is 5.11 Å². The van der Waals surface area contributed by atoms with Crippen LogP contribution in [-0.4, -0.2) is 30.8 Å². The molecular weight excluding hydrogens is 306 g/mol. The molecule has 102 valence electrons. The summed E-state index contributed by atoms with van der Waals surface area (Å²) in [5.74, 6) is -1.22. The predicted octanol–water partition coefficient (Wildman–Crippen LogP) is 2.33. The Morgan fingerprint density at radius 1 is 1.32 bits per heavy atom. The maximum absolute atomic E-state index is 12.3. The average Bonchev–Trinajstić information content (AvgIpc) is 2.98. The summed E-state index contributed by atoms with van der Waals surface area (Å²) in [5, 5.41) is 12.3. The van der Waals surface area contributed by atoms with Gasteiger partial charge in [0.2, 0.25) is 10.0 Å². The molecule has 2 heterocycles. The number of rotatable bonds is 5. The molecule has 0 aliphatic carbocycles. The summed E-state index contributed by atoms with van der Waals surface area (Å²) in [7, 11) is -2.34. The number of hydrogen-bond donors (Lipinski definition) is 1. The van der Waals surface area contributed by atoms with E-state index >= 15 is 0 Å². The molecule has 2 aromatic heterocycles. The fourth-order valence-corrected chi connectivity index (χ4v) is 4.75. The molecule has 0 fully saturated rings. The Kier molecular flexibility index (Phi) is 4.04. The molecule has 19 heavy (non-hydrogen) atoms. The van der Waals surface area contributed by atoms with Crippen LogP contribution in [0.4, 0.5) is 0 Å². The van der Waals surface area contributed by atoms with Gasteiger partial charge < -0.3 is 5.11 Å². The van der Waals surface area contributed by atoms with Crippen molar-refractivity contribution in [2.75, 3.05) is 7.05 Å². The van der Waals surface area contributed by atoms with E-state index < -0.39 is 16.0 Å². The van der Waals surface area contributed by atoms with Crippen LogP contribution in [0.1, 0.15) is 14.5 Å². The first kappa shape index (κ1) is 14.2. The third-order valence-electron chi connectivity index (χ3n) is 2.47. The van der Waals surface area contributed by atoms with Gasteiger partial charge in [0.1, 0.15) is 9.77 Å². The number of sulfonamides is 1. The fraction of sp³-hybridized carbons (Fsp3) is 0.182. The van der Waals surface area contributed by atoms with Crippen LogP contribution in [0.5, 0.6) is 0 Å². The molecule has 0 atom stereocenters. The van der Waals surface area contributed by atoms with Gasteiger partial charge >= 0.3 is 5.97 Å². The van der Waals surface area contributed by atoms with Crippen LogP contribution >= 0.6 is 22.7 Å². The third-order valence-corrected chi connectivity index (χ3v) is 6.21. The Bertz CT molecular complexity index is 673. The standard InChI is InChI=1S/C11H11NO4S3/c1-12(7-8-3-2-5-17-8)19(15,16)9-4-6-18-10(9)11(13)14/h2-6H,7H2,1H3,(H,13,14). The zero-order valence-corrected chi connectivity index (χ0v) is 12.4. The second-order valence-corrected chi connectivity index (χ2v) is 7.72. The van der Waals surface area contributed by atoms with Crippen LogP contribution in [0.3, 0.4) is 0 Å². The van der Waals surface area contributed by atoms with Crippen molar-refractivity contribution in [1.29, 1.82) is 0 Å². The van der Waals surface area contributed by atoms with Crippen molar-refractivity contribution in [1.82, 2.24) is 4.31 Å². The van der Waals surface area contributed by atoms with Gasteiger partial charge in [-0.3, -0.25) is 0 Å². The van der Waals surface area contributed by atoms with Crippen LogP contribution in [0.25, 0.3) is 0 Å².